The third kappa shape index (κ3) is 6.28. The van der Waals surface area contributed by atoms with Gasteiger partial charge in [0.1, 0.15) is 0 Å². The quantitative estimate of drug-likeness (QED) is 0.141. The molecule has 0 saturated heterocycles. The van der Waals surface area contributed by atoms with Crippen molar-refractivity contribution in [1.29, 1.82) is 0 Å². The second-order valence-corrected chi connectivity index (χ2v) is 14.7. The molecule has 0 saturated carbocycles. The van der Waals surface area contributed by atoms with Crippen LogP contribution in [0.25, 0.3) is 82.1 Å². The Labute approximate surface area is 333 Å². The molecule has 0 bridgehead atoms. The van der Waals surface area contributed by atoms with Gasteiger partial charge in [-0.1, -0.05) is 146 Å². The average Bonchev–Trinajstić information content (AvgIpc) is 3.57. The number of benzene rings is 9. The fraction of sp³-hybridized carbons (Fsp3) is 0.0182. The summed E-state index contributed by atoms with van der Waals surface area (Å²) in [6, 6.07) is 68.7. The monoisotopic (exact) mass is 728 g/mol. The molecular weight excluding hydrogens is 689 g/mol. The molecule has 57 heavy (non-hydrogen) atoms. The van der Waals surface area contributed by atoms with Gasteiger partial charge in [-0.25, -0.2) is 0 Å². The maximum atomic E-state index is 3.86. The van der Waals surface area contributed by atoms with E-state index in [1.165, 1.54) is 70.8 Å². The molecule has 0 aliphatic rings. The first-order chi connectivity index (χ1) is 28.1. The van der Waals surface area contributed by atoms with Gasteiger partial charge in [-0.15, -0.1) is 0 Å². The van der Waals surface area contributed by atoms with Gasteiger partial charge in [0.05, 0.1) is 11.0 Å². The van der Waals surface area contributed by atoms with Crippen LogP contribution in [0.1, 0.15) is 6.92 Å². The van der Waals surface area contributed by atoms with Crippen LogP contribution in [0.15, 0.2) is 225 Å². The van der Waals surface area contributed by atoms with Crippen LogP contribution in [0.3, 0.4) is 0 Å². The topological polar surface area (TPSA) is 8.17 Å². The van der Waals surface area contributed by atoms with Gasteiger partial charge in [-0.2, -0.15) is 0 Å². The first-order valence-electron chi connectivity index (χ1n) is 19.5. The molecule has 0 fully saturated rings. The van der Waals surface area contributed by atoms with E-state index in [0.717, 1.165) is 28.3 Å². The van der Waals surface area contributed by atoms with Crippen molar-refractivity contribution in [2.24, 2.45) is 0 Å². The van der Waals surface area contributed by atoms with Crippen molar-refractivity contribution in [2.75, 3.05) is 4.90 Å². The normalized spacial score (nSPS) is 12.1. The summed E-state index contributed by atoms with van der Waals surface area (Å²) in [5, 5.41) is 10.0. The van der Waals surface area contributed by atoms with E-state index in [-0.39, 0.29) is 0 Å². The Hall–Kier alpha value is -7.42. The Kier molecular flexibility index (Phi) is 8.58. The molecule has 270 valence electrons. The molecule has 1 aromatic heterocycles. The summed E-state index contributed by atoms with van der Waals surface area (Å²) in [6.07, 6.45) is 7.94. The largest absolute Gasteiger partial charge is 0.315 e. The number of rotatable bonds is 8. The Morgan fingerprint density at radius 3 is 1.46 bits per heavy atom. The van der Waals surface area contributed by atoms with Crippen LogP contribution in [0.4, 0.5) is 11.4 Å². The number of fused-ring (bicyclic) bond motifs is 6. The minimum absolute atomic E-state index is 1.09. The Morgan fingerprint density at radius 1 is 0.439 bits per heavy atom. The lowest BCUT2D eigenvalue weighted by Gasteiger charge is -2.26. The summed E-state index contributed by atoms with van der Waals surface area (Å²) in [7, 11) is 0. The van der Waals surface area contributed by atoms with Crippen molar-refractivity contribution in [1.82, 2.24) is 4.57 Å². The van der Waals surface area contributed by atoms with Crippen LogP contribution in [0.2, 0.25) is 0 Å². The summed E-state index contributed by atoms with van der Waals surface area (Å²) in [5.74, 6) is 0. The summed E-state index contributed by atoms with van der Waals surface area (Å²) in [5.41, 5.74) is 11.6. The number of hydrogen-bond acceptors (Lipinski definition) is 1. The third-order valence-corrected chi connectivity index (χ3v) is 11.2. The van der Waals surface area contributed by atoms with Crippen LogP contribution in [0.5, 0.6) is 0 Å². The van der Waals surface area contributed by atoms with Crippen molar-refractivity contribution in [3.63, 3.8) is 0 Å². The minimum Gasteiger partial charge on any atom is -0.315 e. The molecule has 9 aromatic carbocycles. The summed E-state index contributed by atoms with van der Waals surface area (Å²) in [4.78, 5) is 2.31. The molecule has 1 heterocycles. The highest BCUT2D eigenvalue weighted by atomic mass is 15.1. The van der Waals surface area contributed by atoms with E-state index in [4.69, 9.17) is 0 Å². The zero-order valence-corrected chi connectivity index (χ0v) is 31.8. The first-order valence-corrected chi connectivity index (χ1v) is 19.5. The Balaban J connectivity index is 1.03. The molecule has 0 aliphatic carbocycles. The van der Waals surface area contributed by atoms with Gasteiger partial charge >= 0.3 is 0 Å². The van der Waals surface area contributed by atoms with Gasteiger partial charge in [-0.05, 0) is 134 Å². The van der Waals surface area contributed by atoms with Crippen molar-refractivity contribution in [2.45, 2.75) is 6.92 Å². The van der Waals surface area contributed by atoms with E-state index in [1.54, 1.807) is 6.08 Å². The molecule has 2 nitrogen and oxygen atoms in total. The zero-order chi connectivity index (χ0) is 38.3. The Morgan fingerprint density at radius 2 is 0.912 bits per heavy atom. The van der Waals surface area contributed by atoms with Gasteiger partial charge < -0.3 is 9.47 Å². The van der Waals surface area contributed by atoms with Gasteiger partial charge in [0.2, 0.25) is 0 Å². The molecular formula is C55H40N2. The van der Waals surface area contributed by atoms with Crippen molar-refractivity contribution >= 4 is 65.5 Å². The van der Waals surface area contributed by atoms with Crippen molar-refractivity contribution in [3.8, 4) is 27.9 Å². The number of allylic oxidation sites excluding steroid dienone is 5. The van der Waals surface area contributed by atoms with E-state index in [9.17, 15) is 0 Å². The second kappa shape index (κ2) is 14.3. The van der Waals surface area contributed by atoms with E-state index in [1.807, 2.05) is 12.2 Å². The lowest BCUT2D eigenvalue weighted by atomic mass is 10.0. The first kappa shape index (κ1) is 34.1. The average molecular weight is 729 g/mol. The van der Waals surface area contributed by atoms with Crippen LogP contribution >= 0.6 is 0 Å². The summed E-state index contributed by atoms with van der Waals surface area (Å²) < 4.78 is 2.44. The SMILES string of the molecule is C=C/C=C\C=C(/C)N(c1ccc(-c2cccc(-n3c4cc5ccccc5cc4c4cc5ccccc5cc43)c2)cc1)c1ccc(-c2ccc3ccccc3c2)cc1. The molecule has 2 heteroatoms. The fourth-order valence-electron chi connectivity index (χ4n) is 8.37. The van der Waals surface area contributed by atoms with Crippen LogP contribution in [0, 0.1) is 0 Å². The van der Waals surface area contributed by atoms with Crippen LogP contribution in [-0.2, 0) is 0 Å². The highest BCUT2D eigenvalue weighted by Crippen LogP contribution is 2.39. The van der Waals surface area contributed by atoms with Gasteiger partial charge in [0.15, 0.2) is 0 Å². The summed E-state index contributed by atoms with van der Waals surface area (Å²) >= 11 is 0. The Bertz CT molecular complexity index is 3100. The predicted molar refractivity (Wildman–Crippen MR) is 246 cm³/mol. The second-order valence-electron chi connectivity index (χ2n) is 14.7. The van der Waals surface area contributed by atoms with Gasteiger partial charge in [-0.3, -0.25) is 0 Å². The highest BCUT2D eigenvalue weighted by Gasteiger charge is 2.16. The van der Waals surface area contributed by atoms with E-state index in [0.29, 0.717) is 0 Å². The van der Waals surface area contributed by atoms with E-state index in [2.05, 4.69) is 217 Å². The predicted octanol–water partition coefficient (Wildman–Crippen LogP) is 15.4. The van der Waals surface area contributed by atoms with Gasteiger partial charge in [0, 0.05) is 33.5 Å². The lowest BCUT2D eigenvalue weighted by molar-refractivity contribution is 1.16. The van der Waals surface area contributed by atoms with E-state index < -0.39 is 0 Å². The molecule has 0 N–H and O–H groups in total. The van der Waals surface area contributed by atoms with Crippen molar-refractivity contribution in [3.05, 3.63) is 225 Å². The number of hydrogen-bond donors (Lipinski definition) is 0. The summed E-state index contributed by atoms with van der Waals surface area (Å²) in [6.45, 7) is 6.01. The molecule has 0 radical (unpaired) electrons. The fourth-order valence-corrected chi connectivity index (χ4v) is 8.37. The highest BCUT2D eigenvalue weighted by molar-refractivity contribution is 6.16. The molecule has 10 rings (SSSR count). The maximum absolute atomic E-state index is 3.86. The standard InChI is InChI=1S/C55H40N2/c1-3-4-5-13-38(2)56(50-30-26-41(27-31-50)48-23-22-39-14-6-7-15-42(39)32-48)49-28-24-40(25-29-49)43-20-12-21-51(33-43)57-54-36-46-18-10-8-16-44(46)34-52(54)53-35-45-17-9-11-19-47(45)37-55(53)57/h3-37H,1H2,2H3/b5-4-,38-13+. The van der Waals surface area contributed by atoms with Gasteiger partial charge in [0.25, 0.3) is 0 Å². The van der Waals surface area contributed by atoms with Crippen LogP contribution in [-0.4, -0.2) is 4.57 Å². The van der Waals surface area contributed by atoms with Crippen LogP contribution < -0.4 is 4.90 Å². The molecule has 0 unspecified atom stereocenters. The molecule has 0 aliphatic heterocycles. The minimum atomic E-state index is 1.09. The van der Waals surface area contributed by atoms with E-state index >= 15 is 0 Å². The third-order valence-electron chi connectivity index (χ3n) is 11.2. The number of anilines is 2. The molecule has 0 atom stereocenters. The maximum Gasteiger partial charge on any atom is 0.0547 e. The molecule has 0 spiro atoms. The molecule has 10 aromatic rings. The molecule has 0 amide bonds. The lowest BCUT2D eigenvalue weighted by Crippen LogP contribution is -2.14. The smallest absolute Gasteiger partial charge is 0.0547 e. The number of nitrogens with zero attached hydrogens (tertiary/aromatic N) is 2. The van der Waals surface area contributed by atoms with Crippen molar-refractivity contribution < 1.29 is 0 Å². The zero-order valence-electron chi connectivity index (χ0n) is 31.8. The number of aromatic nitrogens is 1.